The highest BCUT2D eigenvalue weighted by molar-refractivity contribution is 5.78. The van der Waals surface area contributed by atoms with E-state index in [0.717, 1.165) is 25.9 Å². The molecule has 0 atom stereocenters. The van der Waals surface area contributed by atoms with E-state index in [4.69, 9.17) is 10.2 Å². The Kier molecular flexibility index (Phi) is 6.37. The van der Waals surface area contributed by atoms with Crippen molar-refractivity contribution in [2.45, 2.75) is 19.3 Å². The predicted octanol–water partition coefficient (Wildman–Crippen LogP) is -0.714. The molecule has 1 rings (SSSR count). The molecule has 0 aliphatic carbocycles. The van der Waals surface area contributed by atoms with E-state index < -0.39 is 0 Å². The zero-order valence-corrected chi connectivity index (χ0v) is 9.77. The molecule has 1 amide bonds. The van der Waals surface area contributed by atoms with Gasteiger partial charge in [-0.15, -0.1) is 0 Å². The first-order valence-corrected chi connectivity index (χ1v) is 5.99. The highest BCUT2D eigenvalue weighted by Gasteiger charge is 2.19. The van der Waals surface area contributed by atoms with Gasteiger partial charge >= 0.3 is 0 Å². The fraction of sp³-hybridized carbons (Fsp3) is 0.909. The summed E-state index contributed by atoms with van der Waals surface area (Å²) in [5.41, 5.74) is 0. The average molecular weight is 230 g/mol. The van der Waals surface area contributed by atoms with Gasteiger partial charge in [0.05, 0.1) is 13.2 Å². The van der Waals surface area contributed by atoms with Crippen LogP contribution in [0.2, 0.25) is 0 Å². The van der Waals surface area contributed by atoms with Crippen LogP contribution in [0.3, 0.4) is 0 Å². The quantitative estimate of drug-likeness (QED) is 0.606. The second kappa shape index (κ2) is 7.60. The summed E-state index contributed by atoms with van der Waals surface area (Å²) >= 11 is 0. The Hall–Kier alpha value is -0.650. The molecule has 16 heavy (non-hydrogen) atoms. The average Bonchev–Trinajstić information content (AvgIpc) is 2.79. The van der Waals surface area contributed by atoms with E-state index in [1.165, 1.54) is 0 Å². The van der Waals surface area contributed by atoms with Gasteiger partial charge in [-0.25, -0.2) is 0 Å². The summed E-state index contributed by atoms with van der Waals surface area (Å²) in [5.74, 6) is 0.142. The lowest BCUT2D eigenvalue weighted by Gasteiger charge is -2.23. The van der Waals surface area contributed by atoms with E-state index in [1.54, 1.807) is 0 Å². The Morgan fingerprint density at radius 2 is 1.81 bits per heavy atom. The molecular weight excluding hydrogens is 208 g/mol. The van der Waals surface area contributed by atoms with Crippen molar-refractivity contribution in [2.24, 2.45) is 0 Å². The van der Waals surface area contributed by atoms with Gasteiger partial charge < -0.3 is 15.1 Å². The van der Waals surface area contributed by atoms with Crippen molar-refractivity contribution in [3.05, 3.63) is 0 Å². The Morgan fingerprint density at radius 1 is 1.12 bits per heavy atom. The van der Waals surface area contributed by atoms with Crippen LogP contribution in [0.4, 0.5) is 0 Å². The van der Waals surface area contributed by atoms with Crippen LogP contribution in [0.25, 0.3) is 0 Å². The molecule has 0 bridgehead atoms. The lowest BCUT2D eigenvalue weighted by molar-refractivity contribution is -0.131. The third-order valence-electron chi connectivity index (χ3n) is 2.87. The van der Waals surface area contributed by atoms with Gasteiger partial charge in [-0.2, -0.15) is 0 Å². The number of likely N-dealkylation sites (tertiary alicyclic amines) is 1. The molecule has 1 aliphatic rings. The molecule has 0 aromatic heterocycles. The van der Waals surface area contributed by atoms with Gasteiger partial charge in [-0.1, -0.05) is 0 Å². The first-order valence-electron chi connectivity index (χ1n) is 5.99. The van der Waals surface area contributed by atoms with Crippen molar-refractivity contribution in [1.82, 2.24) is 9.80 Å². The van der Waals surface area contributed by atoms with Gasteiger partial charge in [-0.05, 0) is 19.3 Å². The van der Waals surface area contributed by atoms with E-state index in [9.17, 15) is 4.79 Å². The maximum absolute atomic E-state index is 11.8. The van der Waals surface area contributed by atoms with Gasteiger partial charge in [0, 0.05) is 32.8 Å². The highest BCUT2D eigenvalue weighted by atomic mass is 16.3. The molecule has 94 valence electrons. The number of carbonyl (C=O) groups is 1. The first kappa shape index (κ1) is 13.4. The Morgan fingerprint density at radius 3 is 2.38 bits per heavy atom. The summed E-state index contributed by atoms with van der Waals surface area (Å²) in [6.07, 6.45) is 2.85. The maximum atomic E-state index is 11.8. The molecular formula is C11H22N2O3. The Bertz CT molecular complexity index is 205. The number of nitrogens with zero attached hydrogens (tertiary/aromatic N) is 2. The molecule has 1 saturated heterocycles. The van der Waals surface area contributed by atoms with Gasteiger partial charge in [0.1, 0.15) is 0 Å². The summed E-state index contributed by atoms with van der Waals surface area (Å²) in [4.78, 5) is 15.6. The number of aliphatic hydroxyl groups is 2. The summed E-state index contributed by atoms with van der Waals surface area (Å²) in [7, 11) is 0. The fourth-order valence-electron chi connectivity index (χ4n) is 1.96. The standard InChI is InChI=1S/C11H22N2O3/c14-8-3-4-12(7-9-15)10-11(16)13-5-1-2-6-13/h14-15H,1-10H2. The van der Waals surface area contributed by atoms with Crippen LogP contribution >= 0.6 is 0 Å². The predicted molar refractivity (Wildman–Crippen MR) is 61.0 cm³/mol. The van der Waals surface area contributed by atoms with E-state index in [-0.39, 0.29) is 19.1 Å². The van der Waals surface area contributed by atoms with Crippen molar-refractivity contribution in [1.29, 1.82) is 0 Å². The highest BCUT2D eigenvalue weighted by Crippen LogP contribution is 2.08. The van der Waals surface area contributed by atoms with Crippen molar-refractivity contribution >= 4 is 5.91 Å². The Balaban J connectivity index is 2.30. The van der Waals surface area contributed by atoms with Gasteiger partial charge in [-0.3, -0.25) is 9.69 Å². The fourth-order valence-corrected chi connectivity index (χ4v) is 1.96. The monoisotopic (exact) mass is 230 g/mol. The number of hydrogen-bond acceptors (Lipinski definition) is 4. The van der Waals surface area contributed by atoms with Crippen LogP contribution in [0, 0.1) is 0 Å². The van der Waals surface area contributed by atoms with E-state index in [1.807, 2.05) is 9.80 Å². The lowest BCUT2D eigenvalue weighted by Crippen LogP contribution is -2.40. The maximum Gasteiger partial charge on any atom is 0.236 e. The SMILES string of the molecule is O=C(CN(CCO)CCCO)N1CCCC1. The van der Waals surface area contributed by atoms with Crippen LogP contribution in [-0.4, -0.2) is 71.9 Å². The minimum Gasteiger partial charge on any atom is -0.396 e. The zero-order valence-electron chi connectivity index (χ0n) is 9.77. The minimum absolute atomic E-state index is 0.0543. The third kappa shape index (κ3) is 4.47. The molecule has 1 fully saturated rings. The van der Waals surface area contributed by atoms with Crippen molar-refractivity contribution in [3.8, 4) is 0 Å². The number of amides is 1. The normalized spacial score (nSPS) is 16.1. The Labute approximate surface area is 96.7 Å². The molecule has 0 saturated carbocycles. The van der Waals surface area contributed by atoms with Crippen molar-refractivity contribution in [3.63, 3.8) is 0 Å². The lowest BCUT2D eigenvalue weighted by atomic mass is 10.3. The summed E-state index contributed by atoms with van der Waals surface area (Å²) in [6, 6.07) is 0. The zero-order chi connectivity index (χ0) is 11.8. The molecule has 0 spiro atoms. The molecule has 1 aliphatic heterocycles. The second-order valence-corrected chi connectivity index (χ2v) is 4.16. The molecule has 0 unspecified atom stereocenters. The molecule has 0 radical (unpaired) electrons. The topological polar surface area (TPSA) is 64.0 Å². The van der Waals surface area contributed by atoms with E-state index >= 15 is 0 Å². The minimum atomic E-state index is 0.0543. The largest absolute Gasteiger partial charge is 0.396 e. The van der Waals surface area contributed by atoms with Gasteiger partial charge in [0.15, 0.2) is 0 Å². The van der Waals surface area contributed by atoms with E-state index in [2.05, 4.69) is 0 Å². The van der Waals surface area contributed by atoms with Crippen LogP contribution in [0.1, 0.15) is 19.3 Å². The second-order valence-electron chi connectivity index (χ2n) is 4.16. The molecule has 0 aromatic rings. The third-order valence-corrected chi connectivity index (χ3v) is 2.87. The number of carbonyl (C=O) groups excluding carboxylic acids is 1. The molecule has 5 nitrogen and oxygen atoms in total. The van der Waals surface area contributed by atoms with Gasteiger partial charge in [0.2, 0.25) is 5.91 Å². The molecule has 1 heterocycles. The number of aliphatic hydroxyl groups excluding tert-OH is 2. The molecule has 0 aromatic carbocycles. The van der Waals surface area contributed by atoms with Crippen LogP contribution in [0.15, 0.2) is 0 Å². The summed E-state index contributed by atoms with van der Waals surface area (Å²) < 4.78 is 0. The summed E-state index contributed by atoms with van der Waals surface area (Å²) in [6.45, 7) is 3.44. The van der Waals surface area contributed by atoms with Crippen molar-refractivity contribution < 1.29 is 15.0 Å². The molecule has 5 heteroatoms. The van der Waals surface area contributed by atoms with Gasteiger partial charge in [0.25, 0.3) is 0 Å². The van der Waals surface area contributed by atoms with E-state index in [0.29, 0.717) is 26.1 Å². The number of rotatable bonds is 7. The first-order chi connectivity index (χ1) is 7.77. The summed E-state index contributed by atoms with van der Waals surface area (Å²) in [5, 5.41) is 17.6. The van der Waals surface area contributed by atoms with Crippen LogP contribution < -0.4 is 0 Å². The smallest absolute Gasteiger partial charge is 0.236 e. The van der Waals surface area contributed by atoms with Crippen molar-refractivity contribution in [2.75, 3.05) is 45.9 Å². The number of hydrogen-bond donors (Lipinski definition) is 2. The molecule has 2 N–H and O–H groups in total. The van der Waals surface area contributed by atoms with Crippen LogP contribution in [0.5, 0.6) is 0 Å². The van der Waals surface area contributed by atoms with Crippen LogP contribution in [-0.2, 0) is 4.79 Å².